The Balaban J connectivity index is 2.24. The molecule has 2 nitrogen and oxygen atoms in total. The maximum Gasteiger partial charge on any atom is 0.169 e. The van der Waals surface area contributed by atoms with Crippen LogP contribution in [0.1, 0.15) is 15.9 Å². The average molecular weight is 325 g/mol. The van der Waals surface area contributed by atoms with Gasteiger partial charge in [0.1, 0.15) is 0 Å². The summed E-state index contributed by atoms with van der Waals surface area (Å²) >= 11 is 9.22. The van der Waals surface area contributed by atoms with Crippen LogP contribution in [-0.4, -0.2) is 5.78 Å². The lowest BCUT2D eigenvalue weighted by molar-refractivity contribution is 0.0994. The molecule has 2 aromatic rings. The van der Waals surface area contributed by atoms with Gasteiger partial charge in [-0.1, -0.05) is 39.7 Å². The van der Waals surface area contributed by atoms with Gasteiger partial charge in [-0.15, -0.1) is 0 Å². The normalized spacial score (nSPS) is 10.3. The Bertz CT molecular complexity index is 598. The minimum Gasteiger partial charge on any atom is -0.398 e. The van der Waals surface area contributed by atoms with Crippen LogP contribution in [0.4, 0.5) is 5.69 Å². The molecule has 0 unspecified atom stereocenters. The van der Waals surface area contributed by atoms with E-state index in [2.05, 4.69) is 15.9 Å². The van der Waals surface area contributed by atoms with Gasteiger partial charge in [-0.05, 0) is 35.9 Å². The van der Waals surface area contributed by atoms with Gasteiger partial charge in [-0.3, -0.25) is 4.79 Å². The van der Waals surface area contributed by atoms with Crippen molar-refractivity contribution in [2.24, 2.45) is 0 Å². The van der Waals surface area contributed by atoms with Crippen molar-refractivity contribution in [1.82, 2.24) is 0 Å². The van der Waals surface area contributed by atoms with E-state index in [4.69, 9.17) is 17.3 Å². The molecule has 0 atom stereocenters. The highest BCUT2D eigenvalue weighted by atomic mass is 79.9. The summed E-state index contributed by atoms with van der Waals surface area (Å²) < 4.78 is 0.839. The SMILES string of the molecule is Nc1ccc(Br)cc1C(=O)Cc1cccc(Cl)c1. The van der Waals surface area contributed by atoms with E-state index >= 15 is 0 Å². The zero-order valence-corrected chi connectivity index (χ0v) is 11.8. The van der Waals surface area contributed by atoms with Crippen LogP contribution < -0.4 is 5.73 Å². The number of nitrogens with two attached hydrogens (primary N) is 1. The van der Waals surface area contributed by atoms with E-state index in [-0.39, 0.29) is 5.78 Å². The molecule has 0 radical (unpaired) electrons. The number of rotatable bonds is 3. The summed E-state index contributed by atoms with van der Waals surface area (Å²) in [7, 11) is 0. The standard InChI is InChI=1S/C14H11BrClNO/c15-10-4-5-13(17)12(8-10)14(18)7-9-2-1-3-11(16)6-9/h1-6,8H,7,17H2. The molecular formula is C14H11BrClNO. The van der Waals surface area contributed by atoms with Crippen molar-refractivity contribution in [2.45, 2.75) is 6.42 Å². The molecule has 0 saturated heterocycles. The zero-order chi connectivity index (χ0) is 13.1. The third-order valence-corrected chi connectivity index (χ3v) is 3.30. The molecule has 0 aromatic heterocycles. The highest BCUT2D eigenvalue weighted by Crippen LogP contribution is 2.21. The number of Topliss-reactive ketones (excluding diaryl/α,β-unsaturated/α-hetero) is 1. The first-order valence-electron chi connectivity index (χ1n) is 5.39. The summed E-state index contributed by atoms with van der Waals surface area (Å²) in [5.41, 5.74) is 7.71. The Morgan fingerprint density at radius 3 is 2.72 bits per heavy atom. The molecule has 0 amide bonds. The Hall–Kier alpha value is -1.32. The van der Waals surface area contributed by atoms with Gasteiger partial charge >= 0.3 is 0 Å². The molecule has 0 saturated carbocycles. The van der Waals surface area contributed by atoms with Crippen molar-refractivity contribution in [3.63, 3.8) is 0 Å². The van der Waals surface area contributed by atoms with Gasteiger partial charge in [0.15, 0.2) is 5.78 Å². The van der Waals surface area contributed by atoms with E-state index in [1.54, 1.807) is 24.3 Å². The quantitative estimate of drug-likeness (QED) is 0.682. The van der Waals surface area contributed by atoms with Gasteiger partial charge in [0.25, 0.3) is 0 Å². The van der Waals surface area contributed by atoms with E-state index in [1.165, 1.54) is 0 Å². The van der Waals surface area contributed by atoms with Crippen molar-refractivity contribution < 1.29 is 4.79 Å². The second kappa shape index (κ2) is 5.55. The number of anilines is 1. The Kier molecular flexibility index (Phi) is 4.04. The second-order valence-electron chi connectivity index (χ2n) is 3.96. The van der Waals surface area contributed by atoms with E-state index in [0.29, 0.717) is 22.7 Å². The van der Waals surface area contributed by atoms with Crippen molar-refractivity contribution >= 4 is 39.0 Å². The Morgan fingerprint density at radius 1 is 1.22 bits per heavy atom. The molecule has 0 heterocycles. The summed E-state index contributed by atoms with van der Waals surface area (Å²) in [5, 5.41) is 0.627. The number of hydrogen-bond donors (Lipinski definition) is 1. The fraction of sp³-hybridized carbons (Fsp3) is 0.0714. The third-order valence-electron chi connectivity index (χ3n) is 2.57. The molecular weight excluding hydrogens is 314 g/mol. The smallest absolute Gasteiger partial charge is 0.169 e. The van der Waals surface area contributed by atoms with Crippen molar-refractivity contribution in [3.05, 3.63) is 63.1 Å². The highest BCUT2D eigenvalue weighted by Gasteiger charge is 2.11. The first-order chi connectivity index (χ1) is 8.56. The number of carbonyl (C=O) groups is 1. The summed E-state index contributed by atoms with van der Waals surface area (Å²) in [6.07, 6.45) is 0.293. The van der Waals surface area contributed by atoms with Gasteiger partial charge in [0.2, 0.25) is 0 Å². The monoisotopic (exact) mass is 323 g/mol. The molecule has 2 rings (SSSR count). The van der Waals surface area contributed by atoms with Crippen molar-refractivity contribution in [1.29, 1.82) is 0 Å². The number of nitrogen functional groups attached to an aromatic ring is 1. The fourth-order valence-corrected chi connectivity index (χ4v) is 2.27. The van der Waals surface area contributed by atoms with E-state index in [9.17, 15) is 4.79 Å². The lowest BCUT2D eigenvalue weighted by atomic mass is 10.0. The first kappa shape index (κ1) is 13.1. The van der Waals surface area contributed by atoms with E-state index < -0.39 is 0 Å². The van der Waals surface area contributed by atoms with Gasteiger partial charge in [0.05, 0.1) is 0 Å². The van der Waals surface area contributed by atoms with Crippen molar-refractivity contribution in [3.8, 4) is 0 Å². The minimum absolute atomic E-state index is 0.0175. The van der Waals surface area contributed by atoms with Crippen LogP contribution in [0.5, 0.6) is 0 Å². The molecule has 0 aliphatic rings. The highest BCUT2D eigenvalue weighted by molar-refractivity contribution is 9.10. The molecule has 0 spiro atoms. The van der Waals surface area contributed by atoms with Gasteiger partial charge in [-0.2, -0.15) is 0 Å². The number of ketones is 1. The molecule has 0 aliphatic heterocycles. The summed E-state index contributed by atoms with van der Waals surface area (Å²) in [6, 6.07) is 12.5. The van der Waals surface area contributed by atoms with Crippen LogP contribution in [0, 0.1) is 0 Å². The second-order valence-corrected chi connectivity index (χ2v) is 5.31. The summed E-state index contributed by atoms with van der Waals surface area (Å²) in [4.78, 5) is 12.2. The minimum atomic E-state index is -0.0175. The van der Waals surface area contributed by atoms with Gasteiger partial charge in [-0.25, -0.2) is 0 Å². The number of halogens is 2. The van der Waals surface area contributed by atoms with E-state index in [1.807, 2.05) is 18.2 Å². The first-order valence-corrected chi connectivity index (χ1v) is 6.56. The Labute approximate surface area is 119 Å². The molecule has 92 valence electrons. The third kappa shape index (κ3) is 3.12. The summed E-state index contributed by atoms with van der Waals surface area (Å²) in [6.45, 7) is 0. The van der Waals surface area contributed by atoms with Crippen LogP contribution in [0.25, 0.3) is 0 Å². The maximum absolute atomic E-state index is 12.2. The molecule has 2 N–H and O–H groups in total. The predicted molar refractivity (Wildman–Crippen MR) is 78.0 cm³/mol. The van der Waals surface area contributed by atoms with Crippen LogP contribution >= 0.6 is 27.5 Å². The Morgan fingerprint density at radius 2 is 2.00 bits per heavy atom. The summed E-state index contributed by atoms with van der Waals surface area (Å²) in [5.74, 6) is -0.0175. The van der Waals surface area contributed by atoms with Crippen LogP contribution in [0.2, 0.25) is 5.02 Å². The fourth-order valence-electron chi connectivity index (χ4n) is 1.70. The lowest BCUT2D eigenvalue weighted by Gasteiger charge is -2.06. The largest absolute Gasteiger partial charge is 0.398 e. The van der Waals surface area contributed by atoms with Crippen molar-refractivity contribution in [2.75, 3.05) is 5.73 Å². The molecule has 0 fully saturated rings. The molecule has 2 aromatic carbocycles. The van der Waals surface area contributed by atoms with Gasteiger partial charge < -0.3 is 5.73 Å². The topological polar surface area (TPSA) is 43.1 Å². The number of benzene rings is 2. The predicted octanol–water partition coefficient (Wildman–Crippen LogP) is 4.11. The maximum atomic E-state index is 12.2. The molecule has 0 aliphatic carbocycles. The molecule has 4 heteroatoms. The number of carbonyl (C=O) groups excluding carboxylic acids is 1. The van der Waals surface area contributed by atoms with Crippen LogP contribution in [0.15, 0.2) is 46.9 Å². The lowest BCUT2D eigenvalue weighted by Crippen LogP contribution is -2.07. The average Bonchev–Trinajstić information content (AvgIpc) is 2.32. The van der Waals surface area contributed by atoms with Crippen LogP contribution in [0.3, 0.4) is 0 Å². The zero-order valence-electron chi connectivity index (χ0n) is 9.49. The number of hydrogen-bond acceptors (Lipinski definition) is 2. The van der Waals surface area contributed by atoms with Crippen LogP contribution in [-0.2, 0) is 6.42 Å². The molecule has 18 heavy (non-hydrogen) atoms. The van der Waals surface area contributed by atoms with E-state index in [0.717, 1.165) is 10.0 Å². The molecule has 0 bridgehead atoms. The van der Waals surface area contributed by atoms with Gasteiger partial charge in [0, 0.05) is 27.2 Å².